The summed E-state index contributed by atoms with van der Waals surface area (Å²) in [6.07, 6.45) is 23.6. The summed E-state index contributed by atoms with van der Waals surface area (Å²) in [4.78, 5) is 27.3. The molecule has 34 heavy (non-hydrogen) atoms. The van der Waals surface area contributed by atoms with Gasteiger partial charge in [-0.2, -0.15) is 5.10 Å². The number of rotatable bonds is 7. The minimum atomic E-state index is -0.381. The van der Waals surface area contributed by atoms with Crippen LogP contribution in [-0.2, 0) is 9.59 Å². The summed E-state index contributed by atoms with van der Waals surface area (Å²) in [5.74, 6) is -0.529. The summed E-state index contributed by atoms with van der Waals surface area (Å²) in [6.45, 7) is 0. The molecule has 0 heterocycles. The second-order valence-electron chi connectivity index (χ2n) is 11.4. The van der Waals surface area contributed by atoms with Gasteiger partial charge in [0.15, 0.2) is 0 Å². The van der Waals surface area contributed by atoms with E-state index in [0.29, 0.717) is 12.3 Å². The lowest BCUT2D eigenvalue weighted by Gasteiger charge is -2.48. The van der Waals surface area contributed by atoms with Gasteiger partial charge in [0.25, 0.3) is 0 Å². The fraction of sp³-hybridized carbons (Fsp3) is 0.889. The molecule has 0 bridgehead atoms. The molecule has 4 fully saturated rings. The smallest absolute Gasteiger partial charge is 0.246 e. The maximum Gasteiger partial charge on any atom is 0.246 e. The van der Waals surface area contributed by atoms with E-state index in [1.165, 1.54) is 77.0 Å². The maximum atomic E-state index is 12.6. The predicted molar refractivity (Wildman–Crippen MR) is 133 cm³/mol. The molecule has 4 saturated carbocycles. The van der Waals surface area contributed by atoms with Crippen LogP contribution in [0.15, 0.2) is 5.10 Å². The fourth-order valence-corrected chi connectivity index (χ4v) is 7.26. The van der Waals surface area contributed by atoms with Crippen LogP contribution in [0.25, 0.3) is 0 Å². The summed E-state index contributed by atoms with van der Waals surface area (Å²) < 4.78 is 0. The van der Waals surface area contributed by atoms with E-state index in [1.54, 1.807) is 5.48 Å². The number of carbonyl (C=O) groups excluding carboxylic acids is 2. The Labute approximate surface area is 205 Å². The first-order valence-corrected chi connectivity index (χ1v) is 14.2. The van der Waals surface area contributed by atoms with E-state index < -0.39 is 0 Å². The van der Waals surface area contributed by atoms with Crippen LogP contribution in [-0.4, -0.2) is 46.3 Å². The Balaban J connectivity index is 1.24. The third kappa shape index (κ3) is 6.81. The first kappa shape index (κ1) is 25.6. The third-order valence-corrected chi connectivity index (χ3v) is 9.14. The molecule has 3 N–H and O–H groups in total. The zero-order valence-electron chi connectivity index (χ0n) is 20.9. The van der Waals surface area contributed by atoms with Crippen LogP contribution in [0.4, 0.5) is 0 Å². The number of hydroxylamine groups is 1. The number of carbonyl (C=O) groups is 2. The Morgan fingerprint density at radius 1 is 0.676 bits per heavy atom. The zero-order valence-corrected chi connectivity index (χ0v) is 20.9. The first-order valence-electron chi connectivity index (χ1n) is 14.2. The number of hydrazone groups is 1. The molecule has 0 radical (unpaired) electrons. The SMILES string of the molecule is O=C(NO)C1CCCC(C(=O)N/N=C/C2CCC(N(C3CCCCC3)C3CCCCC3)CC2)C1. The van der Waals surface area contributed by atoms with Crippen molar-refractivity contribution in [3.05, 3.63) is 0 Å². The molecule has 0 aromatic carbocycles. The lowest BCUT2D eigenvalue weighted by Crippen LogP contribution is -2.52. The van der Waals surface area contributed by atoms with Gasteiger partial charge in [-0.05, 0) is 76.5 Å². The van der Waals surface area contributed by atoms with Gasteiger partial charge in [-0.3, -0.25) is 19.7 Å². The van der Waals surface area contributed by atoms with Gasteiger partial charge in [0.1, 0.15) is 0 Å². The lowest BCUT2D eigenvalue weighted by atomic mass is 9.80. The minimum absolute atomic E-state index is 0.0962. The van der Waals surface area contributed by atoms with Crippen molar-refractivity contribution in [2.45, 2.75) is 134 Å². The Morgan fingerprint density at radius 3 is 1.76 bits per heavy atom. The monoisotopic (exact) mass is 474 g/mol. The van der Waals surface area contributed by atoms with Crippen molar-refractivity contribution in [3.63, 3.8) is 0 Å². The summed E-state index contributed by atoms with van der Waals surface area (Å²) in [5.41, 5.74) is 4.47. The molecule has 7 heteroatoms. The van der Waals surface area contributed by atoms with Crippen molar-refractivity contribution in [2.75, 3.05) is 0 Å². The standard InChI is InChI=1S/C27H46N4O3/c32-26(21-8-7-9-22(18-21)27(33)30-34)29-28-19-20-14-16-25(17-15-20)31(23-10-3-1-4-11-23)24-12-5-2-6-13-24/h19-25,34H,1-18H2,(H,29,32)(H,30,33)/b28-19+. The highest BCUT2D eigenvalue weighted by Crippen LogP contribution is 2.37. The molecule has 2 amide bonds. The predicted octanol–water partition coefficient (Wildman–Crippen LogP) is 4.93. The minimum Gasteiger partial charge on any atom is -0.294 e. The summed E-state index contributed by atoms with van der Waals surface area (Å²) >= 11 is 0. The van der Waals surface area contributed by atoms with Crippen molar-refractivity contribution < 1.29 is 14.8 Å². The second kappa shape index (κ2) is 13.0. The van der Waals surface area contributed by atoms with Gasteiger partial charge in [-0.25, -0.2) is 10.9 Å². The highest BCUT2D eigenvalue weighted by Gasteiger charge is 2.36. The fourth-order valence-electron chi connectivity index (χ4n) is 7.26. The first-order chi connectivity index (χ1) is 16.7. The third-order valence-electron chi connectivity index (χ3n) is 9.14. The average molecular weight is 475 g/mol. The number of amides is 2. The van der Waals surface area contributed by atoms with Crippen molar-refractivity contribution >= 4 is 18.0 Å². The molecule has 2 unspecified atom stereocenters. The normalized spacial score (nSPS) is 32.1. The zero-order chi connectivity index (χ0) is 23.8. The van der Waals surface area contributed by atoms with Crippen LogP contribution < -0.4 is 10.9 Å². The molecule has 0 aliphatic heterocycles. The summed E-state index contributed by atoms with van der Waals surface area (Å²) in [6, 6.07) is 2.33. The summed E-state index contributed by atoms with van der Waals surface area (Å²) in [7, 11) is 0. The molecule has 0 saturated heterocycles. The second-order valence-corrected chi connectivity index (χ2v) is 11.4. The largest absolute Gasteiger partial charge is 0.294 e. The lowest BCUT2D eigenvalue weighted by molar-refractivity contribution is -0.136. The number of nitrogens with one attached hydrogen (secondary N) is 2. The summed E-state index contributed by atoms with van der Waals surface area (Å²) in [5, 5.41) is 13.2. The van der Waals surface area contributed by atoms with Crippen LogP contribution in [0.2, 0.25) is 0 Å². The molecule has 192 valence electrons. The molecular formula is C27H46N4O3. The van der Waals surface area contributed by atoms with Gasteiger partial charge in [0.2, 0.25) is 11.8 Å². The number of hydrogen-bond donors (Lipinski definition) is 3. The van der Waals surface area contributed by atoms with Crippen molar-refractivity contribution in [2.24, 2.45) is 22.9 Å². The molecular weight excluding hydrogens is 428 g/mol. The van der Waals surface area contributed by atoms with E-state index in [9.17, 15) is 9.59 Å². The molecule has 2 atom stereocenters. The highest BCUT2D eigenvalue weighted by atomic mass is 16.5. The average Bonchev–Trinajstić information content (AvgIpc) is 2.90. The van der Waals surface area contributed by atoms with Crippen LogP contribution in [0, 0.1) is 17.8 Å². The van der Waals surface area contributed by atoms with Crippen LogP contribution in [0.3, 0.4) is 0 Å². The van der Waals surface area contributed by atoms with Gasteiger partial charge in [0, 0.05) is 36.2 Å². The van der Waals surface area contributed by atoms with Gasteiger partial charge >= 0.3 is 0 Å². The van der Waals surface area contributed by atoms with Crippen molar-refractivity contribution in [1.29, 1.82) is 0 Å². The molecule has 7 nitrogen and oxygen atoms in total. The van der Waals surface area contributed by atoms with E-state index in [4.69, 9.17) is 5.21 Å². The van der Waals surface area contributed by atoms with Gasteiger partial charge in [-0.1, -0.05) is 44.9 Å². The Kier molecular flexibility index (Phi) is 9.80. The van der Waals surface area contributed by atoms with Crippen LogP contribution in [0.5, 0.6) is 0 Å². The van der Waals surface area contributed by atoms with Gasteiger partial charge < -0.3 is 0 Å². The van der Waals surface area contributed by atoms with Gasteiger partial charge in [0.05, 0.1) is 0 Å². The van der Waals surface area contributed by atoms with E-state index in [-0.39, 0.29) is 23.7 Å². The Morgan fingerprint density at radius 2 is 1.21 bits per heavy atom. The topological polar surface area (TPSA) is 94.0 Å². The molecule has 0 spiro atoms. The molecule has 4 aliphatic carbocycles. The van der Waals surface area contributed by atoms with E-state index in [1.807, 2.05) is 6.21 Å². The number of hydrogen-bond acceptors (Lipinski definition) is 5. The van der Waals surface area contributed by atoms with Crippen LogP contribution in [0.1, 0.15) is 116 Å². The molecule has 4 aliphatic rings. The highest BCUT2D eigenvalue weighted by molar-refractivity contribution is 5.82. The van der Waals surface area contributed by atoms with Crippen molar-refractivity contribution in [3.8, 4) is 0 Å². The quantitative estimate of drug-likeness (QED) is 0.277. The van der Waals surface area contributed by atoms with Gasteiger partial charge in [-0.15, -0.1) is 0 Å². The Bertz CT molecular complexity index is 661. The van der Waals surface area contributed by atoms with Crippen molar-refractivity contribution in [1.82, 2.24) is 15.8 Å². The molecule has 4 rings (SSSR count). The maximum absolute atomic E-state index is 12.6. The molecule has 0 aromatic heterocycles. The van der Waals surface area contributed by atoms with E-state index in [2.05, 4.69) is 15.4 Å². The molecule has 0 aromatic rings. The van der Waals surface area contributed by atoms with Crippen LogP contribution >= 0.6 is 0 Å². The van der Waals surface area contributed by atoms with E-state index in [0.717, 1.165) is 50.2 Å². The number of nitrogens with zero attached hydrogens (tertiary/aromatic N) is 2. The Hall–Kier alpha value is -1.47. The van der Waals surface area contributed by atoms with E-state index >= 15 is 0 Å².